The smallest absolute Gasteiger partial charge is 0.329 e. The number of Topliss-reactive ketones (excluding diaryl/α,β-unsaturated/α-hetero) is 1. The number of nitrogens with one attached hydrogen (secondary N) is 1. The van der Waals surface area contributed by atoms with Gasteiger partial charge in [0.05, 0.1) is 20.8 Å². The van der Waals surface area contributed by atoms with Gasteiger partial charge in [0.25, 0.3) is 5.91 Å². The Morgan fingerprint density at radius 2 is 1.47 bits per heavy atom. The van der Waals surface area contributed by atoms with Gasteiger partial charge < -0.3 is 24.3 Å². The van der Waals surface area contributed by atoms with Gasteiger partial charge in [0, 0.05) is 17.2 Å². The highest BCUT2D eigenvalue weighted by Crippen LogP contribution is 2.22. The molecule has 0 fully saturated rings. The SMILES string of the molecule is CCOc1ccc(C(=O)COC(=O)[C@@H](NC(=O)c2cc(OC)cc(OC)c2)C(C)C)cc1. The van der Waals surface area contributed by atoms with Crippen LogP contribution in [0.4, 0.5) is 0 Å². The summed E-state index contributed by atoms with van der Waals surface area (Å²) >= 11 is 0. The number of carbonyl (C=O) groups is 3. The molecule has 2 aromatic carbocycles. The average molecular weight is 443 g/mol. The largest absolute Gasteiger partial charge is 0.497 e. The van der Waals surface area contributed by atoms with Crippen molar-refractivity contribution in [3.05, 3.63) is 53.6 Å². The van der Waals surface area contributed by atoms with Gasteiger partial charge in [0.1, 0.15) is 23.3 Å². The number of hydrogen-bond acceptors (Lipinski definition) is 7. The van der Waals surface area contributed by atoms with E-state index in [-0.39, 0.29) is 17.3 Å². The Morgan fingerprint density at radius 1 is 0.875 bits per heavy atom. The van der Waals surface area contributed by atoms with E-state index in [2.05, 4.69) is 5.32 Å². The van der Waals surface area contributed by atoms with Gasteiger partial charge in [-0.1, -0.05) is 13.8 Å². The van der Waals surface area contributed by atoms with Crippen molar-refractivity contribution < 1.29 is 33.3 Å². The number of hydrogen-bond donors (Lipinski definition) is 1. The van der Waals surface area contributed by atoms with Gasteiger partial charge in [-0.2, -0.15) is 0 Å². The normalized spacial score (nSPS) is 11.4. The third-order valence-corrected chi connectivity index (χ3v) is 4.65. The Labute approximate surface area is 187 Å². The fraction of sp³-hybridized carbons (Fsp3) is 0.375. The van der Waals surface area contributed by atoms with Gasteiger partial charge in [0.15, 0.2) is 12.4 Å². The molecule has 2 aromatic rings. The molecular formula is C24H29NO7. The van der Waals surface area contributed by atoms with Crippen LogP contribution in [0.5, 0.6) is 17.2 Å². The molecule has 0 saturated carbocycles. The van der Waals surface area contributed by atoms with Crippen LogP contribution in [0, 0.1) is 5.92 Å². The van der Waals surface area contributed by atoms with Crippen molar-refractivity contribution in [2.24, 2.45) is 5.92 Å². The number of methoxy groups -OCH3 is 2. The lowest BCUT2D eigenvalue weighted by atomic mass is 10.0. The molecule has 8 heteroatoms. The van der Waals surface area contributed by atoms with E-state index in [9.17, 15) is 14.4 Å². The fourth-order valence-corrected chi connectivity index (χ4v) is 2.87. The van der Waals surface area contributed by atoms with E-state index in [0.717, 1.165) is 0 Å². The first kappa shape index (κ1) is 24.7. The van der Waals surface area contributed by atoms with Crippen molar-refractivity contribution in [2.75, 3.05) is 27.4 Å². The lowest BCUT2D eigenvalue weighted by Crippen LogP contribution is -2.45. The number of esters is 1. The zero-order valence-corrected chi connectivity index (χ0v) is 19.0. The monoisotopic (exact) mass is 443 g/mol. The van der Waals surface area contributed by atoms with Gasteiger partial charge >= 0.3 is 5.97 Å². The highest BCUT2D eigenvalue weighted by atomic mass is 16.5. The van der Waals surface area contributed by atoms with E-state index >= 15 is 0 Å². The zero-order valence-electron chi connectivity index (χ0n) is 19.0. The summed E-state index contributed by atoms with van der Waals surface area (Å²) in [5.41, 5.74) is 0.667. The molecule has 0 aliphatic heterocycles. The summed E-state index contributed by atoms with van der Waals surface area (Å²) in [5.74, 6) is -0.262. The molecule has 0 saturated heterocycles. The van der Waals surface area contributed by atoms with Crippen molar-refractivity contribution >= 4 is 17.7 Å². The second kappa shape index (κ2) is 11.7. The third-order valence-electron chi connectivity index (χ3n) is 4.65. The van der Waals surface area contributed by atoms with Crippen LogP contribution < -0.4 is 19.5 Å². The van der Waals surface area contributed by atoms with Crippen LogP contribution in [-0.4, -0.2) is 51.1 Å². The Hall–Kier alpha value is -3.55. The quantitative estimate of drug-likeness (QED) is 0.420. The van der Waals surface area contributed by atoms with E-state index in [1.165, 1.54) is 26.4 Å². The third kappa shape index (κ3) is 6.73. The van der Waals surface area contributed by atoms with Crippen molar-refractivity contribution in [3.63, 3.8) is 0 Å². The molecule has 0 aromatic heterocycles. The number of rotatable bonds is 11. The summed E-state index contributed by atoms with van der Waals surface area (Å²) in [6, 6.07) is 10.4. The van der Waals surface area contributed by atoms with E-state index in [0.29, 0.717) is 29.4 Å². The molecule has 0 aliphatic rings. The first-order valence-electron chi connectivity index (χ1n) is 10.3. The molecule has 0 heterocycles. The predicted octanol–water partition coefficient (Wildman–Crippen LogP) is 3.28. The first-order valence-corrected chi connectivity index (χ1v) is 10.3. The molecule has 0 spiro atoms. The number of ether oxygens (including phenoxy) is 4. The Kier molecular flexibility index (Phi) is 9.07. The van der Waals surface area contributed by atoms with Crippen LogP contribution in [0.15, 0.2) is 42.5 Å². The van der Waals surface area contributed by atoms with Gasteiger partial charge in [0.2, 0.25) is 0 Å². The van der Waals surface area contributed by atoms with Crippen LogP contribution in [0.1, 0.15) is 41.5 Å². The lowest BCUT2D eigenvalue weighted by Gasteiger charge is -2.21. The minimum Gasteiger partial charge on any atom is -0.497 e. The van der Waals surface area contributed by atoms with Crippen LogP contribution in [0.25, 0.3) is 0 Å². The predicted molar refractivity (Wildman–Crippen MR) is 119 cm³/mol. The van der Waals surface area contributed by atoms with Crippen LogP contribution in [-0.2, 0) is 9.53 Å². The molecular weight excluding hydrogens is 414 g/mol. The lowest BCUT2D eigenvalue weighted by molar-refractivity contribution is -0.145. The Bertz CT molecular complexity index is 916. The van der Waals surface area contributed by atoms with Crippen molar-refractivity contribution in [1.82, 2.24) is 5.32 Å². The average Bonchev–Trinajstić information content (AvgIpc) is 2.80. The minimum atomic E-state index is -0.937. The molecule has 2 rings (SSSR count). The van der Waals surface area contributed by atoms with E-state index in [1.807, 2.05) is 6.92 Å². The maximum Gasteiger partial charge on any atom is 0.329 e. The van der Waals surface area contributed by atoms with Crippen molar-refractivity contribution in [3.8, 4) is 17.2 Å². The molecule has 8 nitrogen and oxygen atoms in total. The number of amides is 1. The first-order chi connectivity index (χ1) is 15.3. The van der Waals surface area contributed by atoms with Crippen molar-refractivity contribution in [1.29, 1.82) is 0 Å². The van der Waals surface area contributed by atoms with Crippen molar-refractivity contribution in [2.45, 2.75) is 26.8 Å². The van der Waals surface area contributed by atoms with E-state index in [4.69, 9.17) is 18.9 Å². The number of carbonyl (C=O) groups excluding carboxylic acids is 3. The standard InChI is InChI=1S/C24H29NO7/c1-6-31-18-9-7-16(8-10-18)21(26)14-32-24(28)22(15(2)3)25-23(27)17-11-19(29-4)13-20(12-17)30-5/h7-13,15,22H,6,14H2,1-5H3,(H,25,27)/t22-/m0/s1. The minimum absolute atomic E-state index is 0.264. The second-order valence-electron chi connectivity index (χ2n) is 7.28. The maximum atomic E-state index is 12.7. The molecule has 172 valence electrons. The molecule has 1 atom stereocenters. The van der Waals surface area contributed by atoms with Gasteiger partial charge in [-0.25, -0.2) is 4.79 Å². The molecule has 0 unspecified atom stereocenters. The Balaban J connectivity index is 2.03. The summed E-state index contributed by atoms with van der Waals surface area (Å²) < 4.78 is 20.9. The van der Waals surface area contributed by atoms with Gasteiger partial charge in [-0.3, -0.25) is 9.59 Å². The zero-order chi connectivity index (χ0) is 23.7. The topological polar surface area (TPSA) is 100 Å². The highest BCUT2D eigenvalue weighted by molar-refractivity contribution is 5.99. The Morgan fingerprint density at radius 3 is 1.97 bits per heavy atom. The summed E-state index contributed by atoms with van der Waals surface area (Å²) in [5, 5.41) is 2.67. The summed E-state index contributed by atoms with van der Waals surface area (Å²) in [7, 11) is 2.96. The van der Waals surface area contributed by atoms with Gasteiger partial charge in [-0.05, 0) is 49.2 Å². The fourth-order valence-electron chi connectivity index (χ4n) is 2.87. The molecule has 1 N–H and O–H groups in total. The van der Waals surface area contributed by atoms with Crippen LogP contribution >= 0.6 is 0 Å². The number of benzene rings is 2. The summed E-state index contributed by atoms with van der Waals surface area (Å²) in [6.07, 6.45) is 0. The summed E-state index contributed by atoms with van der Waals surface area (Å²) in [4.78, 5) is 37.7. The number of ketones is 1. The van der Waals surface area contributed by atoms with E-state index < -0.39 is 24.5 Å². The van der Waals surface area contributed by atoms with E-state index in [1.54, 1.807) is 44.2 Å². The molecule has 0 radical (unpaired) electrons. The highest BCUT2D eigenvalue weighted by Gasteiger charge is 2.27. The maximum absolute atomic E-state index is 12.7. The molecule has 0 aliphatic carbocycles. The van der Waals surface area contributed by atoms with Gasteiger partial charge in [-0.15, -0.1) is 0 Å². The van der Waals surface area contributed by atoms with Crippen LogP contribution in [0.3, 0.4) is 0 Å². The molecule has 32 heavy (non-hydrogen) atoms. The second-order valence-corrected chi connectivity index (χ2v) is 7.28. The summed E-state index contributed by atoms with van der Waals surface area (Å²) in [6.45, 7) is 5.50. The molecule has 0 bridgehead atoms. The molecule has 1 amide bonds. The van der Waals surface area contributed by atoms with Crippen LogP contribution in [0.2, 0.25) is 0 Å².